The van der Waals surface area contributed by atoms with E-state index in [1.54, 1.807) is 0 Å². The number of rotatable bonds is 3. The molecule has 0 amide bonds. The Morgan fingerprint density at radius 1 is 1.19 bits per heavy atom. The summed E-state index contributed by atoms with van der Waals surface area (Å²) >= 11 is 0. The molecule has 0 unspecified atom stereocenters. The van der Waals surface area contributed by atoms with Gasteiger partial charge in [-0.05, 0) is 11.8 Å². The monoisotopic (exact) mass is 395 g/mol. The van der Waals surface area contributed by atoms with Gasteiger partial charge in [-0.2, -0.15) is 0 Å². The second-order valence-electron chi connectivity index (χ2n) is 3.01. The molecule has 2 rings (SSSR count). The van der Waals surface area contributed by atoms with Crippen LogP contribution in [-0.4, -0.2) is 4.98 Å². The van der Waals surface area contributed by atoms with Crippen LogP contribution in [0.4, 0.5) is 4.39 Å². The van der Waals surface area contributed by atoms with Crippen LogP contribution in [0.25, 0.3) is 0 Å². The second kappa shape index (κ2) is 6.36. The summed E-state index contributed by atoms with van der Waals surface area (Å²) in [5.74, 6) is -0.387. The molecule has 0 N–H and O–H groups in total. The molecule has 0 spiro atoms. The van der Waals surface area contributed by atoms with E-state index in [-0.39, 0.29) is 25.9 Å². The number of pyridine rings is 1. The number of benzene rings is 1. The molecule has 2 aromatic rings. The van der Waals surface area contributed by atoms with Gasteiger partial charge in [-0.1, -0.05) is 36.5 Å². The zero-order chi connectivity index (χ0) is 10.5. The van der Waals surface area contributed by atoms with Crippen LogP contribution in [0.5, 0.6) is 5.75 Å². The Kier molecular flexibility index (Phi) is 5.09. The molecule has 1 heterocycles. The largest absolute Gasteiger partial charge is 3.00 e. The van der Waals surface area contributed by atoms with Gasteiger partial charge >= 0.3 is 20.1 Å². The predicted octanol–water partition coefficient (Wildman–Crippen LogP) is 2.60. The summed E-state index contributed by atoms with van der Waals surface area (Å²) in [5.41, 5.74) is 0.981. The van der Waals surface area contributed by atoms with Crippen molar-refractivity contribution in [1.82, 2.24) is 4.98 Å². The number of hydrogen-bond donors (Lipinski definition) is 0. The van der Waals surface area contributed by atoms with Gasteiger partial charge in [0.05, 0.1) is 11.6 Å². The minimum atomic E-state index is -0.444. The van der Waals surface area contributed by atoms with Gasteiger partial charge in [0.15, 0.2) is 0 Å². The Labute approximate surface area is 107 Å². The molecule has 0 saturated heterocycles. The average molecular weight is 394 g/mol. The van der Waals surface area contributed by atoms with E-state index in [9.17, 15) is 4.39 Å². The Balaban J connectivity index is 0.00000128. The summed E-state index contributed by atoms with van der Waals surface area (Å²) in [4.78, 5) is 3.67. The number of aromatic nitrogens is 1. The smallest absolute Gasteiger partial charge is 0.510 e. The van der Waals surface area contributed by atoms with Crippen molar-refractivity contribution in [3.63, 3.8) is 0 Å². The topological polar surface area (TPSA) is 22.1 Å². The minimum absolute atomic E-state index is 0. The molecule has 0 aliphatic carbocycles. The molecule has 0 saturated carbocycles. The molecule has 0 aliphatic rings. The Hall–Kier alpha value is -1.25. The maximum absolute atomic E-state index is 13.1. The molecule has 0 atom stereocenters. The van der Waals surface area contributed by atoms with Crippen LogP contribution in [0.2, 0.25) is 0 Å². The van der Waals surface area contributed by atoms with Crippen LogP contribution in [0.1, 0.15) is 5.56 Å². The van der Waals surface area contributed by atoms with Crippen molar-refractivity contribution in [1.29, 1.82) is 0 Å². The fourth-order valence-corrected chi connectivity index (χ4v) is 1.16. The van der Waals surface area contributed by atoms with E-state index in [1.807, 2.05) is 30.3 Å². The normalized spacial score (nSPS) is 9.31. The van der Waals surface area contributed by atoms with Gasteiger partial charge in [0, 0.05) is 0 Å². The third-order valence-corrected chi connectivity index (χ3v) is 1.90. The van der Waals surface area contributed by atoms with Crippen molar-refractivity contribution in [2.75, 3.05) is 0 Å². The molecule has 2 nitrogen and oxygen atoms in total. The predicted molar refractivity (Wildman–Crippen MR) is 53.8 cm³/mol. The molecule has 0 radical (unpaired) electrons. The summed E-state index contributed by atoms with van der Waals surface area (Å²) in [6, 6.07) is 10.8. The number of nitrogens with zero attached hydrogens (tertiary/aromatic N) is 1. The molecule has 0 fully saturated rings. The summed E-state index contributed by atoms with van der Waals surface area (Å²) < 4.78 is 18.3. The number of halogens is 1. The minimum Gasteiger partial charge on any atom is -0.510 e. The first-order chi connectivity index (χ1) is 7.36. The van der Waals surface area contributed by atoms with Crippen molar-refractivity contribution >= 4 is 0 Å². The molecular formula is C12H9FIrNO+2. The van der Waals surface area contributed by atoms with E-state index in [0.29, 0.717) is 6.61 Å². The van der Waals surface area contributed by atoms with E-state index in [2.05, 4.69) is 11.2 Å². The van der Waals surface area contributed by atoms with E-state index in [4.69, 9.17) is 4.74 Å². The fourth-order valence-electron chi connectivity index (χ4n) is 1.16. The van der Waals surface area contributed by atoms with Gasteiger partial charge < -0.3 is 9.72 Å². The molecule has 4 heteroatoms. The van der Waals surface area contributed by atoms with Crippen LogP contribution >= 0.6 is 0 Å². The third kappa shape index (κ3) is 3.40. The van der Waals surface area contributed by atoms with Crippen molar-refractivity contribution in [3.8, 4) is 5.75 Å². The van der Waals surface area contributed by atoms with Gasteiger partial charge in [-0.25, -0.2) is 0 Å². The fraction of sp³-hybridized carbons (Fsp3) is 0.0833. The summed E-state index contributed by atoms with van der Waals surface area (Å²) in [7, 11) is 0. The van der Waals surface area contributed by atoms with Crippen molar-refractivity contribution < 1.29 is 29.2 Å². The van der Waals surface area contributed by atoms with Gasteiger partial charge in [-0.15, -0.1) is 6.07 Å². The van der Waals surface area contributed by atoms with Gasteiger partial charge in [-0.3, -0.25) is 4.39 Å². The summed E-state index contributed by atoms with van der Waals surface area (Å²) in [6.45, 7) is 0.319. The standard InChI is InChI=1S/C12H9FNO.Ir/c13-11-6-7-14-8-12(11)15-9-10-4-2-1-3-5-10;/h1-7H,9H2;/q-1;+3. The molecule has 16 heavy (non-hydrogen) atoms. The van der Waals surface area contributed by atoms with Crippen LogP contribution in [-0.2, 0) is 26.7 Å². The average Bonchev–Trinajstić information content (AvgIpc) is 2.29. The Morgan fingerprint density at radius 3 is 2.62 bits per heavy atom. The van der Waals surface area contributed by atoms with E-state index in [1.165, 1.54) is 12.3 Å². The summed E-state index contributed by atoms with van der Waals surface area (Å²) in [5, 5.41) is 0. The first-order valence-electron chi connectivity index (χ1n) is 4.55. The Bertz CT molecular complexity index is 436. The van der Waals surface area contributed by atoms with Gasteiger partial charge in [0.1, 0.15) is 6.61 Å². The molecule has 1 aromatic carbocycles. The van der Waals surface area contributed by atoms with Crippen LogP contribution in [0.15, 0.2) is 42.6 Å². The Morgan fingerprint density at radius 2 is 1.94 bits per heavy atom. The zero-order valence-electron chi connectivity index (χ0n) is 8.32. The molecule has 0 aliphatic heterocycles. The van der Waals surface area contributed by atoms with Crippen molar-refractivity contribution in [2.24, 2.45) is 0 Å². The SMILES string of the molecule is Fc1ccn[c-]c1OCc1ccccc1.[Ir+3]. The van der Waals surface area contributed by atoms with Gasteiger partial charge in [0.25, 0.3) is 0 Å². The number of ether oxygens (including phenoxy) is 1. The zero-order valence-corrected chi connectivity index (χ0v) is 10.7. The summed E-state index contributed by atoms with van der Waals surface area (Å²) in [6.07, 6.45) is 3.80. The first-order valence-corrected chi connectivity index (χ1v) is 4.55. The first kappa shape index (κ1) is 12.8. The molecule has 0 bridgehead atoms. The number of hydrogen-bond acceptors (Lipinski definition) is 2. The van der Waals surface area contributed by atoms with E-state index in [0.717, 1.165) is 5.56 Å². The van der Waals surface area contributed by atoms with E-state index < -0.39 is 5.82 Å². The molecule has 82 valence electrons. The van der Waals surface area contributed by atoms with Crippen LogP contribution in [0.3, 0.4) is 0 Å². The maximum atomic E-state index is 13.1. The molecular weight excluding hydrogens is 385 g/mol. The maximum Gasteiger partial charge on any atom is 3.00 e. The van der Waals surface area contributed by atoms with Gasteiger partial charge in [0.2, 0.25) is 0 Å². The van der Waals surface area contributed by atoms with Crippen LogP contribution in [0, 0.1) is 12.0 Å². The second-order valence-corrected chi connectivity index (χ2v) is 3.01. The van der Waals surface area contributed by atoms with E-state index >= 15 is 0 Å². The van der Waals surface area contributed by atoms with Crippen molar-refractivity contribution in [2.45, 2.75) is 6.61 Å². The van der Waals surface area contributed by atoms with Crippen LogP contribution < -0.4 is 4.74 Å². The van der Waals surface area contributed by atoms with Crippen molar-refractivity contribution in [3.05, 3.63) is 60.2 Å². The molecule has 1 aromatic heterocycles. The third-order valence-electron chi connectivity index (χ3n) is 1.90. The quantitative estimate of drug-likeness (QED) is 0.747.